The largest absolute Gasteiger partial charge is 0.481 e. The summed E-state index contributed by atoms with van der Waals surface area (Å²) in [5, 5.41) is 28.3. The molecular formula is C41H73NO9. The lowest BCUT2D eigenvalue weighted by atomic mass is 9.90. The highest BCUT2D eigenvalue weighted by molar-refractivity contribution is 6.07. The standard InChI is InChI=1S/C41H73NO9/c1-3-5-7-9-11-13-15-17-19-21-23-25-27-29-36(43)42(35(31-32-38(45)46)40(49)34(41(50)51)33-39(47)48)37(44)30-28-26-24-22-20-18-16-14-12-10-8-6-4-2/h34-35H,3-33H2,1-2H3,(H,45,46)(H,47,48)(H,50,51)/t34?,35-/m0/s1. The summed E-state index contributed by atoms with van der Waals surface area (Å²) in [5.41, 5.74) is 0. The number of hydrogen-bond acceptors (Lipinski definition) is 6. The van der Waals surface area contributed by atoms with E-state index in [1.807, 2.05) is 0 Å². The van der Waals surface area contributed by atoms with Crippen LogP contribution in [-0.2, 0) is 28.8 Å². The molecule has 0 radical (unpaired) electrons. The van der Waals surface area contributed by atoms with Crippen LogP contribution in [0.15, 0.2) is 0 Å². The summed E-state index contributed by atoms with van der Waals surface area (Å²) in [7, 11) is 0. The number of rotatable bonds is 37. The first-order valence-corrected chi connectivity index (χ1v) is 20.6. The van der Waals surface area contributed by atoms with Crippen LogP contribution in [0.2, 0.25) is 0 Å². The quantitative estimate of drug-likeness (QED) is 0.0417. The molecule has 0 aromatic carbocycles. The maximum Gasteiger partial charge on any atom is 0.314 e. The van der Waals surface area contributed by atoms with Crippen LogP contribution in [-0.4, -0.2) is 61.8 Å². The number of carbonyl (C=O) groups excluding carboxylic acids is 3. The van der Waals surface area contributed by atoms with E-state index in [9.17, 15) is 44.1 Å². The maximum absolute atomic E-state index is 13.6. The number of carbonyl (C=O) groups is 6. The minimum absolute atomic E-state index is 0.0321. The normalized spacial score (nSPS) is 12.4. The zero-order valence-electron chi connectivity index (χ0n) is 32.3. The van der Waals surface area contributed by atoms with E-state index in [-0.39, 0.29) is 12.8 Å². The van der Waals surface area contributed by atoms with Crippen molar-refractivity contribution in [1.29, 1.82) is 0 Å². The molecule has 3 N–H and O–H groups in total. The predicted octanol–water partition coefficient (Wildman–Crippen LogP) is 10.3. The smallest absolute Gasteiger partial charge is 0.314 e. The summed E-state index contributed by atoms with van der Waals surface area (Å²) in [5.74, 6) is -8.88. The number of unbranched alkanes of at least 4 members (excludes halogenated alkanes) is 24. The summed E-state index contributed by atoms with van der Waals surface area (Å²) in [6.07, 6.45) is 26.8. The van der Waals surface area contributed by atoms with Gasteiger partial charge < -0.3 is 15.3 Å². The molecule has 0 saturated heterocycles. The van der Waals surface area contributed by atoms with E-state index in [2.05, 4.69) is 13.8 Å². The summed E-state index contributed by atoms with van der Waals surface area (Å²) >= 11 is 0. The third kappa shape index (κ3) is 26.6. The van der Waals surface area contributed by atoms with Crippen LogP contribution >= 0.6 is 0 Å². The first-order chi connectivity index (χ1) is 24.6. The van der Waals surface area contributed by atoms with Gasteiger partial charge in [-0.05, 0) is 19.3 Å². The molecule has 0 bridgehead atoms. The highest BCUT2D eigenvalue weighted by atomic mass is 16.4. The third-order valence-corrected chi connectivity index (χ3v) is 9.82. The van der Waals surface area contributed by atoms with Gasteiger partial charge in [0.1, 0.15) is 5.92 Å². The molecule has 0 saturated carbocycles. The Morgan fingerprint density at radius 2 is 0.745 bits per heavy atom. The fraction of sp³-hybridized carbons (Fsp3) is 0.854. The van der Waals surface area contributed by atoms with Crippen LogP contribution < -0.4 is 0 Å². The molecule has 296 valence electrons. The van der Waals surface area contributed by atoms with E-state index >= 15 is 0 Å². The molecule has 2 atom stereocenters. The fourth-order valence-corrected chi connectivity index (χ4v) is 6.69. The number of imide groups is 1. The van der Waals surface area contributed by atoms with Crippen molar-refractivity contribution in [2.45, 2.75) is 219 Å². The number of hydrogen-bond donors (Lipinski definition) is 3. The van der Waals surface area contributed by atoms with Crippen molar-refractivity contribution in [3.05, 3.63) is 0 Å². The van der Waals surface area contributed by atoms with E-state index in [0.717, 1.165) is 56.3 Å². The highest BCUT2D eigenvalue weighted by Crippen LogP contribution is 2.22. The molecule has 0 aliphatic carbocycles. The first-order valence-electron chi connectivity index (χ1n) is 20.6. The Kier molecular flexibility index (Phi) is 31.3. The van der Waals surface area contributed by atoms with Crippen molar-refractivity contribution in [2.75, 3.05) is 0 Å². The zero-order chi connectivity index (χ0) is 38.1. The predicted molar refractivity (Wildman–Crippen MR) is 202 cm³/mol. The number of ketones is 1. The van der Waals surface area contributed by atoms with Crippen LogP contribution in [0, 0.1) is 5.92 Å². The van der Waals surface area contributed by atoms with Gasteiger partial charge in [-0.25, -0.2) is 0 Å². The SMILES string of the molecule is CCCCCCCCCCCCCCCC(=O)N(C(=O)CCCCCCCCCCCCCCC)[C@@H](CCC(=O)O)C(=O)C(CC(=O)O)C(=O)O. The number of aliphatic carboxylic acids is 3. The van der Waals surface area contributed by atoms with Crippen molar-refractivity contribution >= 4 is 35.5 Å². The van der Waals surface area contributed by atoms with Gasteiger partial charge in [0, 0.05) is 19.3 Å². The second-order valence-corrected chi connectivity index (χ2v) is 14.5. The van der Waals surface area contributed by atoms with E-state index < -0.39 is 66.7 Å². The van der Waals surface area contributed by atoms with Gasteiger partial charge in [0.05, 0.1) is 12.5 Å². The van der Waals surface area contributed by atoms with E-state index in [1.54, 1.807) is 0 Å². The molecule has 0 fully saturated rings. The lowest BCUT2D eigenvalue weighted by molar-refractivity contribution is -0.159. The Bertz CT molecular complexity index is 925. The van der Waals surface area contributed by atoms with Gasteiger partial charge in [0.25, 0.3) is 0 Å². The Morgan fingerprint density at radius 1 is 0.431 bits per heavy atom. The second kappa shape index (κ2) is 33.1. The van der Waals surface area contributed by atoms with Gasteiger partial charge in [-0.15, -0.1) is 0 Å². The van der Waals surface area contributed by atoms with Gasteiger partial charge in [0.15, 0.2) is 5.78 Å². The Labute approximate surface area is 308 Å². The van der Waals surface area contributed by atoms with E-state index in [4.69, 9.17) is 0 Å². The number of carboxylic acid groups (broad SMARTS) is 3. The Balaban J connectivity index is 5.16. The van der Waals surface area contributed by atoms with Crippen LogP contribution in [0.25, 0.3) is 0 Å². The number of amides is 2. The van der Waals surface area contributed by atoms with Gasteiger partial charge in [0.2, 0.25) is 11.8 Å². The summed E-state index contributed by atoms with van der Waals surface area (Å²) in [6.45, 7) is 4.43. The maximum atomic E-state index is 13.6. The number of Topliss-reactive ketones (excluding diaryl/α,β-unsaturated/α-hetero) is 1. The lowest BCUT2D eigenvalue weighted by Gasteiger charge is -2.30. The topological polar surface area (TPSA) is 166 Å². The van der Waals surface area contributed by atoms with Crippen molar-refractivity contribution in [1.82, 2.24) is 4.90 Å². The van der Waals surface area contributed by atoms with Gasteiger partial charge in [-0.2, -0.15) is 0 Å². The molecular weight excluding hydrogens is 650 g/mol. The molecule has 0 aromatic rings. The average molecular weight is 724 g/mol. The number of carboxylic acids is 3. The van der Waals surface area contributed by atoms with Crippen molar-refractivity contribution in [3.63, 3.8) is 0 Å². The van der Waals surface area contributed by atoms with Crippen LogP contribution in [0.5, 0.6) is 0 Å². The summed E-state index contributed by atoms with van der Waals surface area (Å²) in [6, 6.07) is -1.65. The molecule has 0 aliphatic heterocycles. The second-order valence-electron chi connectivity index (χ2n) is 14.5. The lowest BCUT2D eigenvalue weighted by Crippen LogP contribution is -2.51. The molecule has 10 nitrogen and oxygen atoms in total. The van der Waals surface area contributed by atoms with Crippen LogP contribution in [0.4, 0.5) is 0 Å². The first kappa shape index (κ1) is 48.2. The molecule has 2 amide bonds. The fourth-order valence-electron chi connectivity index (χ4n) is 6.69. The molecule has 0 aliphatic rings. The minimum atomic E-state index is -2.00. The minimum Gasteiger partial charge on any atom is -0.481 e. The Hall–Kier alpha value is -2.78. The third-order valence-electron chi connectivity index (χ3n) is 9.82. The van der Waals surface area contributed by atoms with Gasteiger partial charge >= 0.3 is 17.9 Å². The summed E-state index contributed by atoms with van der Waals surface area (Å²) in [4.78, 5) is 76.2. The molecule has 0 rings (SSSR count). The zero-order valence-corrected chi connectivity index (χ0v) is 32.3. The average Bonchev–Trinajstić information content (AvgIpc) is 3.08. The highest BCUT2D eigenvalue weighted by Gasteiger charge is 2.41. The molecule has 10 heteroatoms. The molecule has 51 heavy (non-hydrogen) atoms. The summed E-state index contributed by atoms with van der Waals surface area (Å²) < 4.78 is 0. The van der Waals surface area contributed by atoms with E-state index in [0.29, 0.717) is 12.8 Å². The van der Waals surface area contributed by atoms with Crippen molar-refractivity contribution in [3.8, 4) is 0 Å². The van der Waals surface area contributed by atoms with Gasteiger partial charge in [-0.1, -0.05) is 168 Å². The van der Waals surface area contributed by atoms with Crippen LogP contribution in [0.1, 0.15) is 213 Å². The van der Waals surface area contributed by atoms with Crippen LogP contribution in [0.3, 0.4) is 0 Å². The number of nitrogens with zero attached hydrogens (tertiary/aromatic N) is 1. The molecule has 1 unspecified atom stereocenters. The Morgan fingerprint density at radius 3 is 1.02 bits per heavy atom. The van der Waals surface area contributed by atoms with Crippen molar-refractivity contribution < 1.29 is 44.1 Å². The van der Waals surface area contributed by atoms with Gasteiger partial charge in [-0.3, -0.25) is 33.7 Å². The molecule has 0 aromatic heterocycles. The molecule has 0 heterocycles. The van der Waals surface area contributed by atoms with E-state index in [1.165, 1.54) is 103 Å². The molecule has 0 spiro atoms. The van der Waals surface area contributed by atoms with Crippen molar-refractivity contribution in [2.24, 2.45) is 5.92 Å². The monoisotopic (exact) mass is 724 g/mol.